The van der Waals surface area contributed by atoms with Gasteiger partial charge in [0.1, 0.15) is 0 Å². The SMILES string of the molecule is CCCCC/C=C/CCCc1cc(N=C(/C=C/CCCCCCCCCCCCCCCCCCCCCCCC)C(CCCC)=Nc2cc(CCC/C=C/CCCCC)c(CCC/C=C/CCCCC)c(CCC/C=C/CCCCC)c2CCC/C=C/CCCCC)c(CCC/C=C/CCCCC)c(CCC/C=C/CCCCC)c1CCC/C=C/CCCCC.[Pd+2]. The molecule has 0 atom stereocenters. The van der Waals surface area contributed by atoms with Crippen LogP contribution in [0.3, 0.4) is 0 Å². The zero-order valence-electron chi connectivity index (χ0n) is 86.7. The van der Waals surface area contributed by atoms with E-state index in [9.17, 15) is 0 Å². The molecule has 0 spiro atoms. The Morgan fingerprint density at radius 2 is 0.362 bits per heavy atom. The third-order valence-electron chi connectivity index (χ3n) is 26.6. The van der Waals surface area contributed by atoms with Gasteiger partial charge in [-0.3, -0.25) is 4.99 Å². The van der Waals surface area contributed by atoms with Crippen LogP contribution in [0.25, 0.3) is 0 Å². The molecule has 3 heteroatoms. The summed E-state index contributed by atoms with van der Waals surface area (Å²) >= 11 is 0. The second-order valence-electron chi connectivity index (χ2n) is 38.6. The van der Waals surface area contributed by atoms with Crippen LogP contribution >= 0.6 is 0 Å². The fraction of sp³-hybridized carbons (Fsp3) is 0.742. The van der Waals surface area contributed by atoms with E-state index < -0.39 is 0 Å². The molecule has 0 aliphatic carbocycles. The second kappa shape index (κ2) is 96.7. The van der Waals surface area contributed by atoms with E-state index >= 15 is 0 Å². The molecule has 728 valence electrons. The molecule has 0 radical (unpaired) electrons. The van der Waals surface area contributed by atoms with Crippen molar-refractivity contribution < 1.29 is 20.4 Å². The number of nitrogens with zero attached hydrogens (tertiary/aromatic N) is 2. The molecule has 0 aliphatic heterocycles. The summed E-state index contributed by atoms with van der Waals surface area (Å²) in [4.78, 5) is 12.9. The second-order valence-corrected chi connectivity index (χ2v) is 38.6. The number of allylic oxidation sites excluding steroid dienone is 18. The van der Waals surface area contributed by atoms with Crippen molar-refractivity contribution in [2.45, 2.75) is 596 Å². The Morgan fingerprint density at radius 1 is 0.181 bits per heavy atom. The van der Waals surface area contributed by atoms with Gasteiger partial charge in [-0.2, -0.15) is 0 Å². The van der Waals surface area contributed by atoms with Gasteiger partial charge in [-0.1, -0.05) is 417 Å². The van der Waals surface area contributed by atoms with Crippen LogP contribution in [0.5, 0.6) is 0 Å². The number of aryl methyl sites for hydroxylation is 2. The summed E-state index contributed by atoms with van der Waals surface area (Å²) in [6, 6.07) is 5.42. The summed E-state index contributed by atoms with van der Waals surface area (Å²) < 4.78 is 0. The van der Waals surface area contributed by atoms with Crippen LogP contribution in [-0.4, -0.2) is 11.4 Å². The fourth-order valence-corrected chi connectivity index (χ4v) is 18.5. The first kappa shape index (κ1) is 121. The minimum absolute atomic E-state index is 0. The van der Waals surface area contributed by atoms with Gasteiger partial charge < -0.3 is 0 Å². The van der Waals surface area contributed by atoms with Crippen LogP contribution < -0.4 is 0 Å². The molecular weight excluding hydrogens is 1620 g/mol. The average molecular weight is 1840 g/mol. The quantitative estimate of drug-likeness (QED) is 0.0273. The predicted octanol–water partition coefficient (Wildman–Crippen LogP) is 42.9. The summed E-state index contributed by atoms with van der Waals surface area (Å²) in [5.41, 5.74) is 17.9. The maximum absolute atomic E-state index is 6.46. The van der Waals surface area contributed by atoms with Gasteiger partial charge in [0.2, 0.25) is 0 Å². The van der Waals surface area contributed by atoms with E-state index in [1.165, 1.54) is 402 Å². The Labute approximate surface area is 809 Å². The standard InChI is InChI=1S/C124H214N2.Pd/c1-11-21-31-40-49-58-59-60-61-62-63-64-65-66-67-68-69-70-71-72-73-82-91-100-110-122(126-124-112-114(102-93-84-75-51-42-33-23-13-3)116(104-95-86-77-53-44-35-25-15-5)118(106-97-88-79-55-46-37-27-17-7)120(124)108-99-90-81-57-48-39-29-19-9)121(109-30-20-10)125-123-111-113(101-92-83-74-50-41-32-22-12-2)115(103-94-85-76-52-43-34-24-14-4)117(105-96-87-78-54-45-36-26-16-6)119(123)107-98-89-80-56-47-38-28-18-8;/h50-57,74-81,100,110-112H,11-49,58-73,82-99,101-109H2,1-10H3;/q;+2/b74-50+,75-51+,76-52+,77-53+,78-54+,79-55+,80-56+,81-57+,110-100+,125-121?,126-122?;. The Kier molecular flexibility index (Phi) is 92.2. The van der Waals surface area contributed by atoms with Crippen LogP contribution in [0, 0.1) is 0 Å². The van der Waals surface area contributed by atoms with Gasteiger partial charge >= 0.3 is 20.4 Å². The molecule has 2 nitrogen and oxygen atoms in total. The predicted molar refractivity (Wildman–Crippen MR) is 577 cm³/mol. The van der Waals surface area contributed by atoms with Gasteiger partial charge in [0, 0.05) is 0 Å². The Morgan fingerprint density at radius 3 is 0.614 bits per heavy atom. The largest absolute Gasteiger partial charge is 2.00 e. The first-order chi connectivity index (χ1) is 62.4. The molecule has 2 aromatic rings. The molecule has 0 unspecified atom stereocenters. The van der Waals surface area contributed by atoms with Crippen molar-refractivity contribution in [1.29, 1.82) is 0 Å². The van der Waals surface area contributed by atoms with E-state index in [2.05, 4.69) is 191 Å². The smallest absolute Gasteiger partial charge is 0.251 e. The third kappa shape index (κ3) is 70.5. The summed E-state index contributed by atoms with van der Waals surface area (Å²) in [5.74, 6) is 0. The maximum atomic E-state index is 6.46. The molecule has 0 amide bonds. The van der Waals surface area contributed by atoms with E-state index in [0.717, 1.165) is 147 Å². The summed E-state index contributed by atoms with van der Waals surface area (Å²) in [7, 11) is 0. The monoisotopic (exact) mass is 1840 g/mol. The summed E-state index contributed by atoms with van der Waals surface area (Å²) in [6.07, 6.45) is 149. The number of hydrogen-bond acceptors (Lipinski definition) is 2. The van der Waals surface area contributed by atoms with Gasteiger partial charge in [-0.05, 0) is 345 Å². The van der Waals surface area contributed by atoms with Gasteiger partial charge in [-0.15, -0.1) is 0 Å². The molecule has 0 bridgehead atoms. The van der Waals surface area contributed by atoms with Crippen molar-refractivity contribution in [3.8, 4) is 0 Å². The van der Waals surface area contributed by atoms with Crippen LogP contribution in [0.15, 0.2) is 131 Å². The zero-order valence-corrected chi connectivity index (χ0v) is 88.3. The Hall–Kier alpha value is -3.90. The number of aliphatic imine (C=N–C) groups is 2. The summed E-state index contributed by atoms with van der Waals surface area (Å²) in [5, 5.41) is 0. The van der Waals surface area contributed by atoms with Crippen LogP contribution in [0.1, 0.15) is 589 Å². The third-order valence-corrected chi connectivity index (χ3v) is 26.6. The molecule has 0 aromatic heterocycles. The molecular formula is C124H214N2Pd+2. The molecule has 2 aromatic carbocycles. The normalized spacial score (nSPS) is 12.6. The molecule has 127 heavy (non-hydrogen) atoms. The van der Waals surface area contributed by atoms with Crippen LogP contribution in [0.2, 0.25) is 0 Å². The number of rotatable bonds is 94. The van der Waals surface area contributed by atoms with Crippen molar-refractivity contribution in [3.05, 3.63) is 166 Å². The van der Waals surface area contributed by atoms with E-state index in [1.54, 1.807) is 44.5 Å². The van der Waals surface area contributed by atoms with E-state index in [0.29, 0.717) is 0 Å². The minimum atomic E-state index is 0. The molecule has 0 saturated heterocycles. The van der Waals surface area contributed by atoms with Crippen molar-refractivity contribution >= 4 is 22.8 Å². The van der Waals surface area contributed by atoms with Crippen molar-refractivity contribution in [3.63, 3.8) is 0 Å². The molecule has 0 fully saturated rings. The van der Waals surface area contributed by atoms with E-state index in [-0.39, 0.29) is 20.4 Å². The summed E-state index contributed by atoms with van der Waals surface area (Å²) in [6.45, 7) is 23.5. The topological polar surface area (TPSA) is 24.7 Å². The van der Waals surface area contributed by atoms with Gasteiger partial charge in [0.15, 0.2) is 0 Å². The number of hydrogen-bond donors (Lipinski definition) is 0. The van der Waals surface area contributed by atoms with Gasteiger partial charge in [0.25, 0.3) is 0 Å². The van der Waals surface area contributed by atoms with Crippen LogP contribution in [0.4, 0.5) is 11.4 Å². The Bertz CT molecular complexity index is 3070. The minimum Gasteiger partial charge on any atom is -0.251 e. The number of unbranched alkanes of at least 4 members (excludes halogenated alkanes) is 55. The molecule has 2 rings (SSSR count). The molecule has 0 aliphatic rings. The van der Waals surface area contributed by atoms with Crippen molar-refractivity contribution in [2.75, 3.05) is 0 Å². The number of benzene rings is 2. The first-order valence-electron chi connectivity index (χ1n) is 56.8. The molecule has 0 saturated carbocycles. The fourth-order valence-electron chi connectivity index (χ4n) is 18.5. The first-order valence-corrected chi connectivity index (χ1v) is 56.8. The average Bonchev–Trinajstić information content (AvgIpc) is 0.787. The van der Waals surface area contributed by atoms with E-state index in [1.807, 2.05) is 0 Å². The Balaban J connectivity index is 0.0000806. The van der Waals surface area contributed by atoms with Crippen molar-refractivity contribution in [2.24, 2.45) is 9.98 Å². The maximum Gasteiger partial charge on any atom is 2.00 e. The van der Waals surface area contributed by atoms with Crippen LogP contribution in [-0.2, 0) is 71.8 Å². The molecule has 0 N–H and O–H groups in total. The molecule has 0 heterocycles. The van der Waals surface area contributed by atoms with Gasteiger partial charge in [-0.25, -0.2) is 4.99 Å². The van der Waals surface area contributed by atoms with Gasteiger partial charge in [0.05, 0.1) is 22.8 Å². The zero-order chi connectivity index (χ0) is 90.5. The van der Waals surface area contributed by atoms with E-state index in [4.69, 9.17) is 9.98 Å². The van der Waals surface area contributed by atoms with Crippen molar-refractivity contribution in [1.82, 2.24) is 0 Å².